The molecule has 1 amide bonds. The van der Waals surface area contributed by atoms with Gasteiger partial charge in [0.2, 0.25) is 0 Å². The first-order valence-electron chi connectivity index (χ1n) is 8.41. The number of hydrogen-bond donors (Lipinski definition) is 1. The number of rotatable bonds is 1. The second-order valence-corrected chi connectivity index (χ2v) is 7.37. The highest BCUT2D eigenvalue weighted by atomic mass is 16.6. The average molecular weight is 314 g/mol. The van der Waals surface area contributed by atoms with Crippen molar-refractivity contribution in [3.05, 3.63) is 40.5 Å². The van der Waals surface area contributed by atoms with E-state index >= 15 is 0 Å². The quantitative estimate of drug-likeness (QED) is 0.859. The number of nitrogens with one attached hydrogen (secondary N) is 1. The molecule has 0 aromatic heterocycles. The summed E-state index contributed by atoms with van der Waals surface area (Å²) >= 11 is 0. The molecular weight excluding hydrogens is 288 g/mol. The molecule has 1 aromatic rings. The molecule has 0 saturated carbocycles. The van der Waals surface area contributed by atoms with Crippen molar-refractivity contribution in [1.29, 1.82) is 0 Å². The van der Waals surface area contributed by atoms with Crippen molar-refractivity contribution in [2.45, 2.75) is 52.3 Å². The van der Waals surface area contributed by atoms with Crippen LogP contribution in [0.3, 0.4) is 0 Å². The number of carbonyl (C=O) groups is 1. The first-order valence-corrected chi connectivity index (χ1v) is 8.41. The number of nitrogens with zero attached hydrogens (tertiary/aromatic N) is 1. The van der Waals surface area contributed by atoms with Gasteiger partial charge < -0.3 is 10.1 Å². The summed E-state index contributed by atoms with van der Waals surface area (Å²) in [6.45, 7) is 9.12. The summed E-state index contributed by atoms with van der Waals surface area (Å²) in [6, 6.07) is 6.36. The number of amides is 1. The van der Waals surface area contributed by atoms with Crippen LogP contribution in [0.1, 0.15) is 50.3 Å². The van der Waals surface area contributed by atoms with Gasteiger partial charge in [-0.25, -0.2) is 4.79 Å². The number of fused-ring (bicyclic) bond motifs is 1. The zero-order valence-electron chi connectivity index (χ0n) is 14.3. The molecule has 1 N–H and O–H groups in total. The summed E-state index contributed by atoms with van der Waals surface area (Å²) in [4.78, 5) is 14.1. The molecule has 2 heterocycles. The highest BCUT2D eigenvalue weighted by Gasteiger charge is 2.28. The van der Waals surface area contributed by atoms with Crippen molar-refractivity contribution in [2.75, 3.05) is 13.1 Å². The zero-order chi connectivity index (χ0) is 16.4. The molecule has 1 fully saturated rings. The van der Waals surface area contributed by atoms with Gasteiger partial charge in [-0.2, -0.15) is 0 Å². The third-order valence-corrected chi connectivity index (χ3v) is 4.28. The predicted molar refractivity (Wildman–Crippen MR) is 92.0 cm³/mol. The van der Waals surface area contributed by atoms with Crippen LogP contribution >= 0.6 is 0 Å². The van der Waals surface area contributed by atoms with E-state index in [1.54, 1.807) is 4.90 Å². The average Bonchev–Trinajstić information content (AvgIpc) is 2.92. The van der Waals surface area contributed by atoms with E-state index in [9.17, 15) is 4.79 Å². The molecule has 23 heavy (non-hydrogen) atoms. The molecule has 0 spiro atoms. The van der Waals surface area contributed by atoms with Gasteiger partial charge in [0.05, 0.1) is 6.54 Å². The zero-order valence-corrected chi connectivity index (χ0v) is 14.3. The molecule has 0 radical (unpaired) electrons. The minimum absolute atomic E-state index is 0.228. The normalized spacial score (nSPS) is 17.9. The first-order chi connectivity index (χ1) is 10.9. The molecule has 4 nitrogen and oxygen atoms in total. The van der Waals surface area contributed by atoms with Gasteiger partial charge in [-0.1, -0.05) is 29.8 Å². The van der Waals surface area contributed by atoms with Gasteiger partial charge in [0, 0.05) is 6.54 Å². The van der Waals surface area contributed by atoms with E-state index in [-0.39, 0.29) is 6.09 Å². The van der Waals surface area contributed by atoms with Crippen molar-refractivity contribution in [3.8, 4) is 0 Å². The molecule has 2 aliphatic heterocycles. The Morgan fingerprint density at radius 2 is 1.96 bits per heavy atom. The predicted octanol–water partition coefficient (Wildman–Crippen LogP) is 3.70. The van der Waals surface area contributed by atoms with Crippen LogP contribution in [0, 0.1) is 0 Å². The molecule has 1 saturated heterocycles. The van der Waals surface area contributed by atoms with Gasteiger partial charge in [0.25, 0.3) is 0 Å². The van der Waals surface area contributed by atoms with E-state index in [0.29, 0.717) is 13.1 Å². The summed E-state index contributed by atoms with van der Waals surface area (Å²) in [5, 5.41) is 3.39. The standard InChI is InChI=1S/C19H26N2O2/c1-19(2,3)23-18(22)21-12-16-6-4-5-15(17(16)13-21)11-14-7-9-20-10-8-14/h4-6,11,20H,7-10,12-13H2,1-3H3. The second kappa shape index (κ2) is 6.36. The van der Waals surface area contributed by atoms with Gasteiger partial charge in [0.1, 0.15) is 5.60 Å². The van der Waals surface area contributed by atoms with E-state index < -0.39 is 5.60 Å². The largest absolute Gasteiger partial charge is 0.444 e. The highest BCUT2D eigenvalue weighted by molar-refractivity contribution is 5.71. The topological polar surface area (TPSA) is 41.6 Å². The monoisotopic (exact) mass is 314 g/mol. The van der Waals surface area contributed by atoms with Gasteiger partial charge in [0.15, 0.2) is 0 Å². The molecule has 2 aliphatic rings. The maximum Gasteiger partial charge on any atom is 0.410 e. The van der Waals surface area contributed by atoms with E-state index in [0.717, 1.165) is 25.9 Å². The smallest absolute Gasteiger partial charge is 0.410 e. The third kappa shape index (κ3) is 3.94. The van der Waals surface area contributed by atoms with Crippen molar-refractivity contribution in [1.82, 2.24) is 10.2 Å². The van der Waals surface area contributed by atoms with Crippen LogP contribution in [0.25, 0.3) is 6.08 Å². The number of hydrogen-bond acceptors (Lipinski definition) is 3. The fourth-order valence-electron chi connectivity index (χ4n) is 3.15. The molecular formula is C19H26N2O2. The Morgan fingerprint density at radius 1 is 1.22 bits per heavy atom. The van der Waals surface area contributed by atoms with Crippen molar-refractivity contribution < 1.29 is 9.53 Å². The Bertz CT molecular complexity index is 621. The van der Waals surface area contributed by atoms with Crippen LogP contribution in [0.2, 0.25) is 0 Å². The maximum absolute atomic E-state index is 12.3. The molecule has 0 unspecified atom stereocenters. The number of piperidine rings is 1. The lowest BCUT2D eigenvalue weighted by Crippen LogP contribution is -2.33. The SMILES string of the molecule is CC(C)(C)OC(=O)N1Cc2cccc(C=C3CCNCC3)c2C1. The Labute approximate surface area is 138 Å². The molecule has 0 bridgehead atoms. The lowest BCUT2D eigenvalue weighted by atomic mass is 9.98. The molecule has 124 valence electrons. The number of carbonyl (C=O) groups excluding carboxylic acids is 1. The van der Waals surface area contributed by atoms with Gasteiger partial charge in [-0.05, 0) is 63.4 Å². The summed E-state index contributed by atoms with van der Waals surface area (Å²) in [6.07, 6.45) is 4.31. The van der Waals surface area contributed by atoms with E-state index in [1.807, 2.05) is 20.8 Å². The molecule has 0 aliphatic carbocycles. The second-order valence-electron chi connectivity index (χ2n) is 7.37. The van der Waals surface area contributed by atoms with Crippen molar-refractivity contribution in [3.63, 3.8) is 0 Å². The van der Waals surface area contributed by atoms with Crippen molar-refractivity contribution in [2.24, 2.45) is 0 Å². The Kier molecular flexibility index (Phi) is 4.44. The van der Waals surface area contributed by atoms with E-state index in [1.165, 1.54) is 22.3 Å². The number of benzene rings is 1. The Hall–Kier alpha value is -1.81. The fraction of sp³-hybridized carbons (Fsp3) is 0.526. The Balaban J connectivity index is 1.77. The fourth-order valence-corrected chi connectivity index (χ4v) is 3.15. The molecule has 1 aromatic carbocycles. The molecule has 0 atom stereocenters. The Morgan fingerprint density at radius 3 is 2.65 bits per heavy atom. The van der Waals surface area contributed by atoms with Gasteiger partial charge >= 0.3 is 6.09 Å². The number of ether oxygens (including phenoxy) is 1. The van der Waals surface area contributed by atoms with Crippen molar-refractivity contribution >= 4 is 12.2 Å². The lowest BCUT2D eigenvalue weighted by molar-refractivity contribution is 0.0242. The van der Waals surface area contributed by atoms with Crippen LogP contribution < -0.4 is 5.32 Å². The summed E-state index contributed by atoms with van der Waals surface area (Å²) in [5.41, 5.74) is 4.80. The molecule has 4 heteroatoms. The van der Waals surface area contributed by atoms with E-state index in [2.05, 4.69) is 29.6 Å². The summed E-state index contributed by atoms with van der Waals surface area (Å²) in [5.74, 6) is 0. The maximum atomic E-state index is 12.3. The van der Waals surface area contributed by atoms with E-state index in [4.69, 9.17) is 4.74 Å². The summed E-state index contributed by atoms with van der Waals surface area (Å²) < 4.78 is 5.51. The van der Waals surface area contributed by atoms with Crippen LogP contribution in [0.15, 0.2) is 23.8 Å². The molecule has 3 rings (SSSR count). The van der Waals surface area contributed by atoms with Gasteiger partial charge in [-0.3, -0.25) is 4.90 Å². The third-order valence-electron chi connectivity index (χ3n) is 4.28. The van der Waals surface area contributed by atoms with Crippen LogP contribution in [-0.2, 0) is 17.8 Å². The van der Waals surface area contributed by atoms with Gasteiger partial charge in [-0.15, -0.1) is 0 Å². The minimum Gasteiger partial charge on any atom is -0.444 e. The van der Waals surface area contributed by atoms with Crippen LogP contribution in [0.5, 0.6) is 0 Å². The van der Waals surface area contributed by atoms with Crippen LogP contribution in [-0.4, -0.2) is 29.7 Å². The first kappa shape index (κ1) is 16.1. The van der Waals surface area contributed by atoms with Crippen LogP contribution in [0.4, 0.5) is 4.79 Å². The highest BCUT2D eigenvalue weighted by Crippen LogP contribution is 2.29. The lowest BCUT2D eigenvalue weighted by Gasteiger charge is -2.24. The summed E-state index contributed by atoms with van der Waals surface area (Å²) in [7, 11) is 0. The minimum atomic E-state index is -0.453.